The number of piperazine rings is 1. The van der Waals surface area contributed by atoms with E-state index in [1.807, 2.05) is 0 Å². The lowest BCUT2D eigenvalue weighted by atomic mass is 10.1. The highest BCUT2D eigenvalue weighted by Gasteiger charge is 2.27. The summed E-state index contributed by atoms with van der Waals surface area (Å²) in [7, 11) is 0. The Labute approximate surface area is 191 Å². The molecule has 0 atom stereocenters. The Balaban J connectivity index is 1.60. The van der Waals surface area contributed by atoms with E-state index in [0.717, 1.165) is 6.07 Å². The molecule has 3 rings (SSSR count). The van der Waals surface area contributed by atoms with Gasteiger partial charge in [0.05, 0.1) is 10.6 Å². The topological polar surface area (TPSA) is 79.0 Å². The number of nitrogens with one attached hydrogen (secondary N) is 1. The molecule has 1 saturated heterocycles. The highest BCUT2D eigenvalue weighted by atomic mass is 35.5. The fraction of sp³-hybridized carbons (Fsp3) is 0.348. The van der Waals surface area contributed by atoms with Crippen molar-refractivity contribution in [1.82, 2.24) is 9.80 Å². The van der Waals surface area contributed by atoms with Crippen LogP contribution in [0.3, 0.4) is 0 Å². The molecule has 0 saturated carbocycles. The molecule has 1 N–H and O–H groups in total. The molecule has 0 aromatic heterocycles. The number of rotatable bonds is 3. The second-order valence-corrected chi connectivity index (χ2v) is 8.82. The first kappa shape index (κ1) is 23.5. The summed E-state index contributed by atoms with van der Waals surface area (Å²) >= 11 is 6.00. The fourth-order valence-corrected chi connectivity index (χ4v) is 3.53. The normalized spacial score (nSPS) is 14.2. The maximum atomic E-state index is 13.2. The molecule has 2 aromatic carbocycles. The Hall–Kier alpha value is -3.13. The summed E-state index contributed by atoms with van der Waals surface area (Å²) in [6, 6.07) is 10.3. The summed E-state index contributed by atoms with van der Waals surface area (Å²) in [5, 5.41) is 2.68. The van der Waals surface area contributed by atoms with E-state index in [-0.39, 0.29) is 22.4 Å². The SMILES string of the molecule is CC(C)(C)OC(=O)Nc1cccc(C(=O)N2CCN(C(=O)c3ccc(F)cc3Cl)CC2)c1. The summed E-state index contributed by atoms with van der Waals surface area (Å²) < 4.78 is 18.5. The minimum Gasteiger partial charge on any atom is -0.444 e. The molecule has 32 heavy (non-hydrogen) atoms. The molecule has 1 fully saturated rings. The third-order valence-corrected chi connectivity index (χ3v) is 5.08. The van der Waals surface area contributed by atoms with E-state index in [0.29, 0.717) is 37.4 Å². The Morgan fingerprint density at radius 2 is 1.59 bits per heavy atom. The molecule has 170 valence electrons. The maximum absolute atomic E-state index is 13.2. The molecular formula is C23H25ClFN3O4. The van der Waals surface area contributed by atoms with Crippen molar-refractivity contribution in [1.29, 1.82) is 0 Å². The number of hydrogen-bond donors (Lipinski definition) is 1. The Morgan fingerprint density at radius 3 is 2.19 bits per heavy atom. The van der Waals surface area contributed by atoms with Crippen molar-refractivity contribution in [2.75, 3.05) is 31.5 Å². The van der Waals surface area contributed by atoms with Crippen LogP contribution in [0.4, 0.5) is 14.9 Å². The highest BCUT2D eigenvalue weighted by molar-refractivity contribution is 6.33. The molecule has 7 nitrogen and oxygen atoms in total. The number of hydrogen-bond acceptors (Lipinski definition) is 4. The van der Waals surface area contributed by atoms with Crippen LogP contribution in [0, 0.1) is 5.82 Å². The van der Waals surface area contributed by atoms with Gasteiger partial charge in [0.1, 0.15) is 11.4 Å². The first-order valence-corrected chi connectivity index (χ1v) is 10.5. The Kier molecular flexibility index (Phi) is 7.03. The van der Waals surface area contributed by atoms with E-state index < -0.39 is 17.5 Å². The standard InChI is InChI=1S/C23H25ClFN3O4/c1-23(2,3)32-22(31)26-17-6-4-5-15(13-17)20(29)27-9-11-28(12-10-27)21(30)18-8-7-16(25)14-19(18)24/h4-8,13-14H,9-12H2,1-3H3,(H,26,31). The maximum Gasteiger partial charge on any atom is 0.412 e. The number of halogens is 2. The van der Waals surface area contributed by atoms with Gasteiger partial charge in [0, 0.05) is 37.4 Å². The molecule has 1 heterocycles. The lowest BCUT2D eigenvalue weighted by molar-refractivity contribution is 0.0535. The summed E-state index contributed by atoms with van der Waals surface area (Å²) in [5.41, 5.74) is 0.464. The fourth-order valence-electron chi connectivity index (χ4n) is 3.28. The molecule has 0 aliphatic carbocycles. The average molecular weight is 462 g/mol. The monoisotopic (exact) mass is 461 g/mol. The first-order valence-electron chi connectivity index (χ1n) is 10.2. The summed E-state index contributed by atoms with van der Waals surface area (Å²) in [4.78, 5) is 40.8. The van der Waals surface area contributed by atoms with Crippen LogP contribution < -0.4 is 5.32 Å². The number of benzene rings is 2. The Morgan fingerprint density at radius 1 is 0.969 bits per heavy atom. The molecule has 0 radical (unpaired) electrons. The van der Waals surface area contributed by atoms with Gasteiger partial charge >= 0.3 is 6.09 Å². The highest BCUT2D eigenvalue weighted by Crippen LogP contribution is 2.21. The molecular weight excluding hydrogens is 437 g/mol. The minimum atomic E-state index is -0.632. The largest absolute Gasteiger partial charge is 0.444 e. The molecule has 0 spiro atoms. The van der Waals surface area contributed by atoms with Gasteiger partial charge in [-0.25, -0.2) is 9.18 Å². The zero-order valence-electron chi connectivity index (χ0n) is 18.2. The van der Waals surface area contributed by atoms with Gasteiger partial charge in [0.2, 0.25) is 0 Å². The van der Waals surface area contributed by atoms with Crippen LogP contribution in [0.25, 0.3) is 0 Å². The predicted octanol–water partition coefficient (Wildman–Crippen LogP) is 4.42. The third-order valence-electron chi connectivity index (χ3n) is 4.77. The quantitative estimate of drug-likeness (QED) is 0.733. The molecule has 3 amide bonds. The van der Waals surface area contributed by atoms with E-state index >= 15 is 0 Å². The second-order valence-electron chi connectivity index (χ2n) is 8.42. The van der Waals surface area contributed by atoms with Crippen LogP contribution in [0.5, 0.6) is 0 Å². The minimum absolute atomic E-state index is 0.0582. The number of anilines is 1. The van der Waals surface area contributed by atoms with Crippen LogP contribution in [-0.4, -0.2) is 59.5 Å². The van der Waals surface area contributed by atoms with Crippen molar-refractivity contribution in [3.05, 3.63) is 64.4 Å². The van der Waals surface area contributed by atoms with Gasteiger partial charge in [0.15, 0.2) is 0 Å². The Bertz CT molecular complexity index is 1030. The van der Waals surface area contributed by atoms with Crippen LogP contribution in [0.2, 0.25) is 5.02 Å². The predicted molar refractivity (Wildman–Crippen MR) is 120 cm³/mol. The van der Waals surface area contributed by atoms with Crippen molar-refractivity contribution < 1.29 is 23.5 Å². The second kappa shape index (κ2) is 9.56. The van der Waals surface area contributed by atoms with Crippen LogP contribution in [-0.2, 0) is 4.74 Å². The average Bonchev–Trinajstić information content (AvgIpc) is 2.71. The summed E-state index contributed by atoms with van der Waals surface area (Å²) in [5.74, 6) is -1.01. The van der Waals surface area contributed by atoms with Crippen LogP contribution in [0.15, 0.2) is 42.5 Å². The van der Waals surface area contributed by atoms with Crippen molar-refractivity contribution in [3.63, 3.8) is 0 Å². The van der Waals surface area contributed by atoms with Crippen LogP contribution in [0.1, 0.15) is 41.5 Å². The number of carbonyl (C=O) groups excluding carboxylic acids is 3. The summed E-state index contributed by atoms with van der Waals surface area (Å²) in [6.45, 7) is 6.63. The van der Waals surface area contributed by atoms with Gasteiger partial charge in [-0.15, -0.1) is 0 Å². The van der Waals surface area contributed by atoms with Gasteiger partial charge in [-0.2, -0.15) is 0 Å². The zero-order valence-corrected chi connectivity index (χ0v) is 18.9. The zero-order chi connectivity index (χ0) is 23.5. The number of ether oxygens (including phenoxy) is 1. The van der Waals surface area contributed by atoms with E-state index in [2.05, 4.69) is 5.32 Å². The molecule has 0 bridgehead atoms. The van der Waals surface area contributed by atoms with Gasteiger partial charge in [-0.05, 0) is 57.2 Å². The van der Waals surface area contributed by atoms with Crippen molar-refractivity contribution >= 4 is 35.2 Å². The van der Waals surface area contributed by atoms with E-state index in [9.17, 15) is 18.8 Å². The molecule has 1 aliphatic heterocycles. The van der Waals surface area contributed by atoms with E-state index in [1.165, 1.54) is 12.1 Å². The van der Waals surface area contributed by atoms with Gasteiger partial charge in [-0.1, -0.05) is 17.7 Å². The van der Waals surface area contributed by atoms with Crippen molar-refractivity contribution in [2.45, 2.75) is 26.4 Å². The van der Waals surface area contributed by atoms with Gasteiger partial charge < -0.3 is 14.5 Å². The van der Waals surface area contributed by atoms with Gasteiger partial charge in [-0.3, -0.25) is 14.9 Å². The summed E-state index contributed by atoms with van der Waals surface area (Å²) in [6.07, 6.45) is -0.603. The van der Waals surface area contributed by atoms with Crippen LogP contribution >= 0.6 is 11.6 Å². The van der Waals surface area contributed by atoms with Crippen molar-refractivity contribution in [2.24, 2.45) is 0 Å². The third kappa shape index (κ3) is 5.97. The smallest absolute Gasteiger partial charge is 0.412 e. The lowest BCUT2D eigenvalue weighted by Gasteiger charge is -2.35. The molecule has 9 heteroatoms. The van der Waals surface area contributed by atoms with Crippen molar-refractivity contribution in [3.8, 4) is 0 Å². The lowest BCUT2D eigenvalue weighted by Crippen LogP contribution is -2.50. The number of carbonyl (C=O) groups is 3. The molecule has 2 aromatic rings. The number of nitrogens with zero attached hydrogens (tertiary/aromatic N) is 2. The van der Waals surface area contributed by atoms with Gasteiger partial charge in [0.25, 0.3) is 11.8 Å². The first-order chi connectivity index (χ1) is 15.0. The molecule has 0 unspecified atom stereocenters. The number of amides is 3. The molecule has 1 aliphatic rings. The van der Waals surface area contributed by atoms with E-state index in [1.54, 1.807) is 54.8 Å². The van der Waals surface area contributed by atoms with E-state index in [4.69, 9.17) is 16.3 Å².